The number of rotatable bonds is 7. The molecular formula is C13H30NO3+. The second-order valence-corrected chi connectivity index (χ2v) is 5.98. The zero-order valence-corrected chi connectivity index (χ0v) is 12.8. The lowest BCUT2D eigenvalue weighted by atomic mass is 9.98. The number of hydroxylamine groups is 3. The van der Waals surface area contributed by atoms with Crippen molar-refractivity contribution in [2.45, 2.75) is 71.9 Å². The number of hydrogen-bond acceptors (Lipinski definition) is 3. The van der Waals surface area contributed by atoms with Crippen LogP contribution in [0.25, 0.3) is 0 Å². The van der Waals surface area contributed by atoms with Crippen molar-refractivity contribution in [3.8, 4) is 0 Å². The summed E-state index contributed by atoms with van der Waals surface area (Å²) in [5.74, 6) is 0. The molecule has 0 rings (SSSR count). The van der Waals surface area contributed by atoms with Crippen molar-refractivity contribution in [2.24, 2.45) is 0 Å². The summed E-state index contributed by atoms with van der Waals surface area (Å²) in [7, 11) is 3.23. The van der Waals surface area contributed by atoms with Crippen LogP contribution in [-0.2, 0) is 14.5 Å². The molecule has 0 aliphatic heterocycles. The fourth-order valence-corrected chi connectivity index (χ4v) is 1.87. The molecule has 4 nitrogen and oxygen atoms in total. The monoisotopic (exact) mass is 248 g/mol. The van der Waals surface area contributed by atoms with Gasteiger partial charge in [0.1, 0.15) is 19.8 Å². The van der Waals surface area contributed by atoms with Crippen LogP contribution in [0.5, 0.6) is 0 Å². The molecule has 0 aromatic rings. The van der Waals surface area contributed by atoms with Crippen molar-refractivity contribution in [2.75, 3.05) is 14.2 Å². The lowest BCUT2D eigenvalue weighted by molar-refractivity contribution is -1.39. The smallest absolute Gasteiger partial charge is 0.135 e. The van der Waals surface area contributed by atoms with Gasteiger partial charge in [0.05, 0.1) is 4.97 Å². The minimum atomic E-state index is -0.338. The standard InChI is InChI=1S/C13H30NO3/c1-9-10-11-13(5,6)14(15-7,16-8)17-12(2,3)4/h9-11H2,1-8H3/q+1. The van der Waals surface area contributed by atoms with Crippen molar-refractivity contribution in [1.29, 1.82) is 0 Å². The Labute approximate surface area is 106 Å². The van der Waals surface area contributed by atoms with Crippen LogP contribution in [0.3, 0.4) is 0 Å². The maximum atomic E-state index is 5.98. The molecule has 0 aliphatic rings. The summed E-state index contributed by atoms with van der Waals surface area (Å²) in [4.78, 5) is 16.8. The molecule has 0 radical (unpaired) electrons. The maximum absolute atomic E-state index is 5.98. The van der Waals surface area contributed by atoms with E-state index in [2.05, 4.69) is 20.8 Å². The third-order valence-corrected chi connectivity index (χ3v) is 2.76. The van der Waals surface area contributed by atoms with E-state index in [1.165, 1.54) is 0 Å². The third-order valence-electron chi connectivity index (χ3n) is 2.76. The molecule has 0 aromatic carbocycles. The topological polar surface area (TPSA) is 27.7 Å². The molecule has 0 aliphatic carbocycles. The largest absolute Gasteiger partial charge is 0.191 e. The highest BCUT2D eigenvalue weighted by Crippen LogP contribution is 2.34. The molecule has 104 valence electrons. The van der Waals surface area contributed by atoms with Crippen molar-refractivity contribution in [1.82, 2.24) is 0 Å². The first-order valence-corrected chi connectivity index (χ1v) is 6.35. The van der Waals surface area contributed by atoms with E-state index in [9.17, 15) is 0 Å². The van der Waals surface area contributed by atoms with Crippen LogP contribution in [0.1, 0.15) is 60.8 Å². The molecule has 0 aromatic heterocycles. The molecule has 0 amide bonds. The quantitative estimate of drug-likeness (QED) is 0.508. The summed E-state index contributed by atoms with van der Waals surface area (Å²) in [5.41, 5.74) is -0.595. The molecule has 0 atom stereocenters. The van der Waals surface area contributed by atoms with Crippen molar-refractivity contribution in [3.63, 3.8) is 0 Å². The van der Waals surface area contributed by atoms with Crippen molar-refractivity contribution < 1.29 is 19.5 Å². The van der Waals surface area contributed by atoms with Gasteiger partial charge in [-0.3, -0.25) is 0 Å². The summed E-state index contributed by atoms with van der Waals surface area (Å²) < 4.78 is 0. The summed E-state index contributed by atoms with van der Waals surface area (Å²) in [5, 5.41) is 0. The van der Waals surface area contributed by atoms with E-state index in [1.807, 2.05) is 20.8 Å². The van der Waals surface area contributed by atoms with Crippen LogP contribution in [0.4, 0.5) is 0 Å². The van der Waals surface area contributed by atoms with Gasteiger partial charge in [0.2, 0.25) is 0 Å². The number of hydrogen-bond donors (Lipinski definition) is 0. The Bertz CT molecular complexity index is 217. The first-order chi connectivity index (χ1) is 7.64. The first kappa shape index (κ1) is 16.8. The summed E-state index contributed by atoms with van der Waals surface area (Å²) in [6, 6.07) is 0. The Morgan fingerprint density at radius 3 is 1.71 bits per heavy atom. The molecule has 17 heavy (non-hydrogen) atoms. The van der Waals surface area contributed by atoms with Crippen molar-refractivity contribution in [3.05, 3.63) is 0 Å². The highest BCUT2D eigenvalue weighted by atomic mass is 17.2. The Kier molecular flexibility index (Phi) is 6.08. The molecule has 0 saturated heterocycles. The normalized spacial score (nSPS) is 14.1. The van der Waals surface area contributed by atoms with E-state index >= 15 is 0 Å². The van der Waals surface area contributed by atoms with E-state index in [0.717, 1.165) is 19.3 Å². The summed E-state index contributed by atoms with van der Waals surface area (Å²) in [6.07, 6.45) is 3.24. The van der Waals surface area contributed by atoms with Gasteiger partial charge in [-0.2, -0.15) is 0 Å². The zero-order chi connectivity index (χ0) is 13.7. The maximum Gasteiger partial charge on any atom is 0.191 e. The van der Waals surface area contributed by atoms with Gasteiger partial charge in [-0.25, -0.2) is 0 Å². The molecule has 0 unspecified atom stereocenters. The van der Waals surface area contributed by atoms with Crippen LogP contribution in [-0.4, -0.2) is 30.3 Å². The predicted molar refractivity (Wildman–Crippen MR) is 68.7 cm³/mol. The summed E-state index contributed by atoms with van der Waals surface area (Å²) in [6.45, 7) is 12.4. The number of unbranched alkanes of at least 4 members (excludes halogenated alkanes) is 1. The third kappa shape index (κ3) is 4.54. The molecule has 0 heterocycles. The predicted octanol–water partition coefficient (Wildman–Crippen LogP) is 3.62. The summed E-state index contributed by atoms with van der Waals surface area (Å²) >= 11 is 0. The molecule has 0 bridgehead atoms. The van der Waals surface area contributed by atoms with E-state index in [1.54, 1.807) is 14.2 Å². The number of quaternary nitrogens is 1. The Balaban J connectivity index is 5.03. The van der Waals surface area contributed by atoms with E-state index in [-0.39, 0.29) is 16.1 Å². The van der Waals surface area contributed by atoms with Gasteiger partial charge in [0, 0.05) is 6.42 Å². The highest BCUT2D eigenvalue weighted by Gasteiger charge is 2.52. The SMILES string of the molecule is CCCCC(C)(C)[N+](OC)(OC)OC(C)(C)C. The minimum absolute atomic E-state index is 0.240. The first-order valence-electron chi connectivity index (χ1n) is 6.35. The molecule has 0 saturated carbocycles. The fourth-order valence-electron chi connectivity index (χ4n) is 1.87. The molecule has 0 N–H and O–H groups in total. The van der Waals surface area contributed by atoms with Crippen LogP contribution in [0.2, 0.25) is 0 Å². The Hall–Kier alpha value is -0.160. The van der Waals surface area contributed by atoms with Gasteiger partial charge in [-0.1, -0.05) is 13.3 Å². The van der Waals surface area contributed by atoms with Crippen LogP contribution in [0, 0.1) is 0 Å². The van der Waals surface area contributed by atoms with E-state index in [4.69, 9.17) is 14.5 Å². The second-order valence-electron chi connectivity index (χ2n) is 5.98. The highest BCUT2D eigenvalue weighted by molar-refractivity contribution is 4.66. The van der Waals surface area contributed by atoms with Gasteiger partial charge in [0.15, 0.2) is 5.54 Å². The van der Waals surface area contributed by atoms with E-state index < -0.39 is 0 Å². The van der Waals surface area contributed by atoms with Crippen LogP contribution >= 0.6 is 0 Å². The lowest BCUT2D eigenvalue weighted by Crippen LogP contribution is -2.62. The zero-order valence-electron chi connectivity index (χ0n) is 12.8. The Morgan fingerprint density at radius 2 is 1.41 bits per heavy atom. The molecule has 0 fully saturated rings. The lowest BCUT2D eigenvalue weighted by Gasteiger charge is -2.42. The molecular weight excluding hydrogens is 218 g/mol. The van der Waals surface area contributed by atoms with Gasteiger partial charge in [-0.15, -0.1) is 14.5 Å². The number of nitrogens with zero attached hydrogens (tertiary/aromatic N) is 1. The Morgan fingerprint density at radius 1 is 0.941 bits per heavy atom. The van der Waals surface area contributed by atoms with Gasteiger partial charge in [-0.05, 0) is 41.0 Å². The van der Waals surface area contributed by atoms with Gasteiger partial charge in [0.25, 0.3) is 0 Å². The molecule has 0 spiro atoms. The average molecular weight is 248 g/mol. The average Bonchev–Trinajstić information content (AvgIpc) is 2.21. The minimum Gasteiger partial charge on any atom is -0.135 e. The van der Waals surface area contributed by atoms with Crippen LogP contribution in [0.15, 0.2) is 0 Å². The van der Waals surface area contributed by atoms with Gasteiger partial charge >= 0.3 is 0 Å². The van der Waals surface area contributed by atoms with Gasteiger partial charge < -0.3 is 0 Å². The van der Waals surface area contributed by atoms with Crippen molar-refractivity contribution >= 4 is 0 Å². The van der Waals surface area contributed by atoms with E-state index in [0.29, 0.717) is 0 Å². The van der Waals surface area contributed by atoms with Crippen LogP contribution < -0.4 is 0 Å². The second kappa shape index (κ2) is 6.14. The fraction of sp³-hybridized carbons (Fsp3) is 1.00. The molecule has 4 heteroatoms.